The van der Waals surface area contributed by atoms with E-state index in [-0.39, 0.29) is 18.9 Å². The fourth-order valence-corrected chi connectivity index (χ4v) is 4.52. The van der Waals surface area contributed by atoms with Crippen molar-refractivity contribution in [2.45, 2.75) is 58.6 Å². The van der Waals surface area contributed by atoms with Gasteiger partial charge in [0.05, 0.1) is 18.4 Å². The van der Waals surface area contributed by atoms with Gasteiger partial charge in [0.2, 0.25) is 5.89 Å². The van der Waals surface area contributed by atoms with Gasteiger partial charge >= 0.3 is 11.9 Å². The van der Waals surface area contributed by atoms with Crippen LogP contribution in [0.25, 0.3) is 22.6 Å². The lowest BCUT2D eigenvalue weighted by Gasteiger charge is -2.17. The topological polar surface area (TPSA) is 125 Å². The molecule has 0 amide bonds. The van der Waals surface area contributed by atoms with Crippen LogP contribution in [0.4, 0.5) is 0 Å². The zero-order chi connectivity index (χ0) is 29.4. The molecule has 8 nitrogen and oxygen atoms in total. The van der Waals surface area contributed by atoms with Crippen molar-refractivity contribution in [3.05, 3.63) is 95.4 Å². The summed E-state index contributed by atoms with van der Waals surface area (Å²) in [7, 11) is 0. The van der Waals surface area contributed by atoms with Crippen LogP contribution in [-0.4, -0.2) is 40.8 Å². The number of carbonyl (C=O) groups is 2. The minimum Gasteiger partial charge on any atom is -0.493 e. The van der Waals surface area contributed by atoms with Crippen LogP contribution in [0.15, 0.2) is 77.2 Å². The van der Waals surface area contributed by atoms with Crippen LogP contribution in [-0.2, 0) is 33.6 Å². The number of oxazole rings is 1. The molecule has 0 bridgehead atoms. The normalized spacial score (nSPS) is 11.8. The molecule has 0 aliphatic rings. The molecule has 4 rings (SSSR count). The molecule has 3 aromatic carbocycles. The number of hydrogen-bond donors (Lipinski definition) is 2. The van der Waals surface area contributed by atoms with Crippen molar-refractivity contribution in [1.82, 2.24) is 4.98 Å². The van der Waals surface area contributed by atoms with E-state index in [1.807, 2.05) is 49.4 Å². The molecule has 1 atom stereocenters. The largest absolute Gasteiger partial charge is 0.493 e. The summed E-state index contributed by atoms with van der Waals surface area (Å²) in [5, 5.41) is 9.14. The monoisotopic (exact) mass is 556 g/mol. The number of aliphatic carboxylic acids is 1. The van der Waals surface area contributed by atoms with Gasteiger partial charge in [-0.3, -0.25) is 9.59 Å². The maximum absolute atomic E-state index is 12.3. The number of nitrogens with zero attached hydrogens (tertiary/aromatic N) is 1. The summed E-state index contributed by atoms with van der Waals surface area (Å²) in [6.45, 7) is 5.77. The number of esters is 1. The standard InChI is InChI=1S/C33H36N2O6/c1-21(2)40-33(38)29(34)20-27-19-28(14-12-24(27)13-15-31(36)37)39-17-16-30-22(3)41-32(35-30)26-11-7-10-25(18-26)23-8-5-4-6-9-23/h4-12,14,18-19,21,29H,13,15-17,20,34H2,1-3H3,(H,36,37). The highest BCUT2D eigenvalue weighted by atomic mass is 16.5. The number of nitrogens with two attached hydrogens (primary N) is 1. The molecule has 214 valence electrons. The molecular weight excluding hydrogens is 520 g/mol. The highest BCUT2D eigenvalue weighted by Crippen LogP contribution is 2.28. The van der Waals surface area contributed by atoms with Crippen molar-refractivity contribution in [3.8, 4) is 28.3 Å². The van der Waals surface area contributed by atoms with Crippen molar-refractivity contribution in [2.75, 3.05) is 6.61 Å². The fourth-order valence-electron chi connectivity index (χ4n) is 4.52. The second-order valence-corrected chi connectivity index (χ2v) is 10.2. The quantitative estimate of drug-likeness (QED) is 0.199. The van der Waals surface area contributed by atoms with Gasteiger partial charge in [0.1, 0.15) is 17.6 Å². The van der Waals surface area contributed by atoms with Gasteiger partial charge in [-0.05, 0) is 80.1 Å². The smallest absolute Gasteiger partial charge is 0.323 e. The van der Waals surface area contributed by atoms with Gasteiger partial charge in [0, 0.05) is 18.4 Å². The zero-order valence-electron chi connectivity index (χ0n) is 23.6. The summed E-state index contributed by atoms with van der Waals surface area (Å²) in [5.41, 5.74) is 11.6. The Morgan fingerprint density at radius 2 is 1.66 bits per heavy atom. The third-order valence-corrected chi connectivity index (χ3v) is 6.60. The lowest BCUT2D eigenvalue weighted by atomic mass is 9.97. The van der Waals surface area contributed by atoms with Gasteiger partial charge in [0.25, 0.3) is 0 Å². The lowest BCUT2D eigenvalue weighted by molar-refractivity contribution is -0.149. The first-order valence-corrected chi connectivity index (χ1v) is 13.7. The highest BCUT2D eigenvalue weighted by molar-refractivity contribution is 5.76. The third-order valence-electron chi connectivity index (χ3n) is 6.60. The minimum atomic E-state index is -0.895. The summed E-state index contributed by atoms with van der Waals surface area (Å²) in [6, 6.07) is 22.8. The average molecular weight is 557 g/mol. The zero-order valence-corrected chi connectivity index (χ0v) is 23.6. The Balaban J connectivity index is 1.43. The summed E-state index contributed by atoms with van der Waals surface area (Å²) in [4.78, 5) is 28.2. The van der Waals surface area contributed by atoms with E-state index >= 15 is 0 Å². The number of carboxylic acids is 1. The van der Waals surface area contributed by atoms with Crippen molar-refractivity contribution >= 4 is 11.9 Å². The van der Waals surface area contributed by atoms with Crippen LogP contribution in [0, 0.1) is 6.92 Å². The van der Waals surface area contributed by atoms with Crippen LogP contribution in [0.2, 0.25) is 0 Å². The van der Waals surface area contributed by atoms with Gasteiger partial charge in [0.15, 0.2) is 0 Å². The molecule has 1 unspecified atom stereocenters. The summed E-state index contributed by atoms with van der Waals surface area (Å²) in [6.07, 6.45) is 0.766. The van der Waals surface area contributed by atoms with Gasteiger partial charge in [-0.15, -0.1) is 0 Å². The fraction of sp³-hybridized carbons (Fsp3) is 0.303. The molecule has 1 aromatic heterocycles. The van der Waals surface area contributed by atoms with E-state index in [0.717, 1.165) is 39.3 Å². The maximum atomic E-state index is 12.3. The maximum Gasteiger partial charge on any atom is 0.323 e. The van der Waals surface area contributed by atoms with E-state index in [1.54, 1.807) is 19.9 Å². The van der Waals surface area contributed by atoms with Crippen LogP contribution < -0.4 is 10.5 Å². The van der Waals surface area contributed by atoms with Gasteiger partial charge < -0.3 is 24.7 Å². The molecule has 3 N–H and O–H groups in total. The first kappa shape index (κ1) is 29.6. The number of rotatable bonds is 13. The predicted octanol–water partition coefficient (Wildman–Crippen LogP) is 5.78. The molecule has 0 saturated carbocycles. The molecule has 0 saturated heterocycles. The SMILES string of the molecule is Cc1oc(-c2cccc(-c3ccccc3)c2)nc1CCOc1ccc(CCC(=O)O)c(CC(N)C(=O)OC(C)C)c1. The summed E-state index contributed by atoms with van der Waals surface area (Å²) < 4.78 is 17.3. The molecule has 41 heavy (non-hydrogen) atoms. The average Bonchev–Trinajstić information content (AvgIpc) is 3.33. The molecule has 4 aromatic rings. The lowest BCUT2D eigenvalue weighted by Crippen LogP contribution is -2.36. The molecule has 0 radical (unpaired) electrons. The van der Waals surface area contributed by atoms with Gasteiger partial charge in [-0.2, -0.15) is 0 Å². The van der Waals surface area contributed by atoms with Crippen LogP contribution in [0.1, 0.15) is 42.8 Å². The van der Waals surface area contributed by atoms with Crippen molar-refractivity contribution in [3.63, 3.8) is 0 Å². The summed E-state index contributed by atoms with van der Waals surface area (Å²) >= 11 is 0. The van der Waals surface area contributed by atoms with Crippen LogP contribution in [0.5, 0.6) is 5.75 Å². The van der Waals surface area contributed by atoms with Gasteiger partial charge in [-0.1, -0.05) is 48.5 Å². The molecular formula is C33H36N2O6. The van der Waals surface area contributed by atoms with Crippen molar-refractivity contribution < 1.29 is 28.6 Å². The van der Waals surface area contributed by atoms with E-state index in [1.165, 1.54) is 0 Å². The van der Waals surface area contributed by atoms with E-state index < -0.39 is 18.0 Å². The number of carboxylic acid groups (broad SMARTS) is 1. The van der Waals surface area contributed by atoms with Crippen molar-refractivity contribution in [1.29, 1.82) is 0 Å². The second-order valence-electron chi connectivity index (χ2n) is 10.2. The van der Waals surface area contributed by atoms with E-state index in [9.17, 15) is 9.59 Å². The molecule has 0 aliphatic heterocycles. The highest BCUT2D eigenvalue weighted by Gasteiger charge is 2.20. The Morgan fingerprint density at radius 3 is 2.39 bits per heavy atom. The number of aryl methyl sites for hydroxylation is 2. The first-order chi connectivity index (χ1) is 19.7. The van der Waals surface area contributed by atoms with Gasteiger partial charge in [-0.25, -0.2) is 4.98 Å². The minimum absolute atomic E-state index is 0.0269. The number of ether oxygens (including phenoxy) is 2. The van der Waals surface area contributed by atoms with Crippen LogP contribution >= 0.6 is 0 Å². The van der Waals surface area contributed by atoms with Crippen molar-refractivity contribution in [2.24, 2.45) is 5.73 Å². The predicted molar refractivity (Wildman–Crippen MR) is 157 cm³/mol. The van der Waals surface area contributed by atoms with E-state index in [4.69, 9.17) is 29.7 Å². The number of carbonyl (C=O) groups excluding carboxylic acids is 1. The Morgan fingerprint density at radius 1 is 0.927 bits per heavy atom. The molecule has 1 heterocycles. The Labute approximate surface area is 240 Å². The van der Waals surface area contributed by atoms with Crippen LogP contribution in [0.3, 0.4) is 0 Å². The Kier molecular flexibility index (Phi) is 9.92. The number of benzene rings is 3. The number of aromatic nitrogens is 1. The van der Waals surface area contributed by atoms with E-state index in [2.05, 4.69) is 24.3 Å². The summed E-state index contributed by atoms with van der Waals surface area (Å²) in [5.74, 6) is 0.493. The second kappa shape index (κ2) is 13.8. The molecule has 0 spiro atoms. The first-order valence-electron chi connectivity index (χ1n) is 13.7. The molecule has 8 heteroatoms. The Bertz CT molecular complexity index is 1480. The molecule has 0 fully saturated rings. The van der Waals surface area contributed by atoms with E-state index in [0.29, 0.717) is 31.1 Å². The number of hydrogen-bond acceptors (Lipinski definition) is 7. The Hall–Kier alpha value is -4.43. The molecule has 0 aliphatic carbocycles. The third kappa shape index (κ3) is 8.28.